The largest absolute Gasteiger partial charge is 0.448 e. The van der Waals surface area contributed by atoms with Gasteiger partial charge in [-0.05, 0) is 13.0 Å². The summed E-state index contributed by atoms with van der Waals surface area (Å²) in [6.07, 6.45) is -1.06. The van der Waals surface area contributed by atoms with Gasteiger partial charge in [0.1, 0.15) is 4.88 Å². The zero-order chi connectivity index (χ0) is 16.6. The van der Waals surface area contributed by atoms with Gasteiger partial charge < -0.3 is 10.1 Å². The van der Waals surface area contributed by atoms with Crippen molar-refractivity contribution >= 4 is 50.9 Å². The molecule has 3 rings (SSSR count). The number of carbonyl (C=O) groups is 3. The van der Waals surface area contributed by atoms with E-state index in [4.69, 9.17) is 16.3 Å². The number of hydrogen-bond acceptors (Lipinski definition) is 5. The van der Waals surface area contributed by atoms with Crippen LogP contribution in [0, 0.1) is 0 Å². The Morgan fingerprint density at radius 1 is 1.39 bits per heavy atom. The van der Waals surface area contributed by atoms with Crippen molar-refractivity contribution in [1.29, 1.82) is 0 Å². The lowest BCUT2D eigenvalue weighted by Crippen LogP contribution is -2.41. The molecule has 120 valence electrons. The number of thiophene rings is 1. The summed E-state index contributed by atoms with van der Waals surface area (Å²) < 4.78 is 6.05. The topological polar surface area (TPSA) is 75.7 Å². The van der Waals surface area contributed by atoms with Gasteiger partial charge in [-0.15, -0.1) is 11.3 Å². The lowest BCUT2D eigenvalue weighted by atomic mass is 10.2. The number of imide groups is 1. The number of fused-ring (bicyclic) bond motifs is 1. The number of halogens is 1. The van der Waals surface area contributed by atoms with Crippen LogP contribution in [0.1, 0.15) is 16.6 Å². The van der Waals surface area contributed by atoms with E-state index < -0.39 is 24.0 Å². The third-order valence-electron chi connectivity index (χ3n) is 3.47. The maximum atomic E-state index is 12.3. The third-order valence-corrected chi connectivity index (χ3v) is 5.13. The maximum absolute atomic E-state index is 12.3. The van der Waals surface area contributed by atoms with Crippen molar-refractivity contribution in [2.24, 2.45) is 0 Å². The fourth-order valence-corrected chi connectivity index (χ4v) is 3.70. The molecule has 1 N–H and O–H groups in total. The normalized spacial score (nSPS) is 15.6. The molecule has 0 spiro atoms. The second-order valence-corrected chi connectivity index (χ2v) is 6.44. The van der Waals surface area contributed by atoms with Crippen LogP contribution in [0.5, 0.6) is 0 Å². The molecule has 8 heteroatoms. The minimum atomic E-state index is -1.06. The zero-order valence-corrected chi connectivity index (χ0v) is 13.7. The molecule has 2 heterocycles. The molecular formula is C15H13ClN2O4S. The van der Waals surface area contributed by atoms with E-state index in [1.165, 1.54) is 18.3 Å². The lowest BCUT2D eigenvalue weighted by molar-refractivity contribution is -0.135. The smallest absolute Gasteiger partial charge is 0.350 e. The van der Waals surface area contributed by atoms with Crippen molar-refractivity contribution in [1.82, 2.24) is 10.2 Å². The van der Waals surface area contributed by atoms with E-state index in [1.807, 2.05) is 24.3 Å². The number of hydrogen-bond donors (Lipinski definition) is 1. The minimum absolute atomic E-state index is 0.249. The molecule has 1 atom stereocenters. The molecular weight excluding hydrogens is 340 g/mol. The van der Waals surface area contributed by atoms with Crippen molar-refractivity contribution < 1.29 is 19.1 Å². The Bertz CT molecular complexity index is 804. The van der Waals surface area contributed by atoms with Crippen LogP contribution in [0.4, 0.5) is 4.79 Å². The van der Waals surface area contributed by atoms with Crippen LogP contribution in [0.2, 0.25) is 5.02 Å². The highest BCUT2D eigenvalue weighted by atomic mass is 35.5. The van der Waals surface area contributed by atoms with Gasteiger partial charge in [0.05, 0.1) is 5.02 Å². The number of nitrogens with zero attached hydrogens (tertiary/aromatic N) is 1. The standard InChI is InChI=1S/C15H13ClN2O4S/c1-8(13(19)18-7-6-17-15(18)21)22-14(20)12-11(16)9-4-2-3-5-10(9)23-12/h2-5,8H,6-7H2,1H3,(H,17,21)/t8-/m1/s1. The summed E-state index contributed by atoms with van der Waals surface area (Å²) in [5, 5.41) is 3.61. The van der Waals surface area contributed by atoms with Crippen molar-refractivity contribution in [2.45, 2.75) is 13.0 Å². The Morgan fingerprint density at radius 3 is 2.78 bits per heavy atom. The molecule has 1 saturated heterocycles. The first-order valence-electron chi connectivity index (χ1n) is 6.96. The third kappa shape index (κ3) is 2.89. The number of urea groups is 1. The van der Waals surface area contributed by atoms with Crippen LogP contribution in [0.25, 0.3) is 10.1 Å². The Labute approximate surface area is 141 Å². The number of carbonyl (C=O) groups excluding carboxylic acids is 3. The van der Waals surface area contributed by atoms with E-state index >= 15 is 0 Å². The van der Waals surface area contributed by atoms with Crippen molar-refractivity contribution in [2.75, 3.05) is 13.1 Å². The minimum Gasteiger partial charge on any atom is -0.448 e. The Hall–Kier alpha value is -2.12. The van der Waals surface area contributed by atoms with E-state index in [9.17, 15) is 14.4 Å². The molecule has 1 aromatic heterocycles. The van der Waals surface area contributed by atoms with Gasteiger partial charge in [0, 0.05) is 23.2 Å². The van der Waals surface area contributed by atoms with Gasteiger partial charge in [0.25, 0.3) is 5.91 Å². The second-order valence-electron chi connectivity index (χ2n) is 5.01. The summed E-state index contributed by atoms with van der Waals surface area (Å²) in [7, 11) is 0. The summed E-state index contributed by atoms with van der Waals surface area (Å²) in [5.41, 5.74) is 0. The average Bonchev–Trinajstić information content (AvgIpc) is 3.11. The number of amides is 3. The van der Waals surface area contributed by atoms with Crippen LogP contribution >= 0.6 is 22.9 Å². The molecule has 0 unspecified atom stereocenters. The molecule has 23 heavy (non-hydrogen) atoms. The van der Waals surface area contributed by atoms with E-state index in [1.54, 1.807) is 0 Å². The van der Waals surface area contributed by atoms with Gasteiger partial charge in [-0.3, -0.25) is 9.69 Å². The van der Waals surface area contributed by atoms with Gasteiger partial charge in [0.2, 0.25) is 0 Å². The van der Waals surface area contributed by atoms with Crippen LogP contribution in [-0.4, -0.2) is 42.0 Å². The highest BCUT2D eigenvalue weighted by Crippen LogP contribution is 2.35. The van der Waals surface area contributed by atoms with Crippen LogP contribution in [0.15, 0.2) is 24.3 Å². The van der Waals surface area contributed by atoms with Crippen molar-refractivity contribution in [3.63, 3.8) is 0 Å². The Balaban J connectivity index is 1.76. The van der Waals surface area contributed by atoms with Gasteiger partial charge in [-0.25, -0.2) is 9.59 Å². The SMILES string of the molecule is C[C@@H](OC(=O)c1sc2ccccc2c1Cl)C(=O)N1CCNC1=O. The molecule has 1 aliphatic heterocycles. The van der Waals surface area contributed by atoms with Gasteiger partial charge in [-0.1, -0.05) is 29.8 Å². The fraction of sp³-hybridized carbons (Fsp3) is 0.267. The van der Waals surface area contributed by atoms with E-state index in [0.29, 0.717) is 11.6 Å². The molecule has 1 aliphatic rings. The number of rotatable bonds is 3. The molecule has 1 aromatic carbocycles. The highest BCUT2D eigenvalue weighted by molar-refractivity contribution is 7.21. The average molecular weight is 353 g/mol. The monoisotopic (exact) mass is 352 g/mol. The number of ether oxygens (including phenoxy) is 1. The van der Waals surface area contributed by atoms with Crippen LogP contribution < -0.4 is 5.32 Å². The van der Waals surface area contributed by atoms with Gasteiger partial charge in [-0.2, -0.15) is 0 Å². The fourth-order valence-electron chi connectivity index (χ4n) is 2.31. The number of esters is 1. The highest BCUT2D eigenvalue weighted by Gasteiger charge is 2.32. The molecule has 0 aliphatic carbocycles. The van der Waals surface area contributed by atoms with Gasteiger partial charge >= 0.3 is 12.0 Å². The number of nitrogens with one attached hydrogen (secondary N) is 1. The van der Waals surface area contributed by atoms with Crippen molar-refractivity contribution in [3.05, 3.63) is 34.2 Å². The van der Waals surface area contributed by atoms with Crippen LogP contribution in [0.3, 0.4) is 0 Å². The first-order chi connectivity index (χ1) is 11.0. The molecule has 1 fully saturated rings. The number of benzene rings is 1. The molecule has 0 bridgehead atoms. The maximum Gasteiger partial charge on any atom is 0.350 e. The van der Waals surface area contributed by atoms with Crippen molar-refractivity contribution in [3.8, 4) is 0 Å². The van der Waals surface area contributed by atoms with Crippen LogP contribution in [-0.2, 0) is 9.53 Å². The Morgan fingerprint density at radius 2 is 2.13 bits per heavy atom. The van der Waals surface area contributed by atoms with Gasteiger partial charge in [0.15, 0.2) is 6.10 Å². The molecule has 2 aromatic rings. The summed E-state index contributed by atoms with van der Waals surface area (Å²) >= 11 is 7.42. The quantitative estimate of drug-likeness (QED) is 0.862. The molecule has 6 nitrogen and oxygen atoms in total. The first kappa shape index (κ1) is 15.8. The lowest BCUT2D eigenvalue weighted by Gasteiger charge is -2.17. The summed E-state index contributed by atoms with van der Waals surface area (Å²) in [4.78, 5) is 37.2. The predicted molar refractivity (Wildman–Crippen MR) is 86.8 cm³/mol. The molecule has 0 radical (unpaired) electrons. The molecule has 3 amide bonds. The zero-order valence-electron chi connectivity index (χ0n) is 12.2. The first-order valence-corrected chi connectivity index (χ1v) is 8.15. The predicted octanol–water partition coefficient (Wildman–Crippen LogP) is 2.65. The summed E-state index contributed by atoms with van der Waals surface area (Å²) in [6, 6.07) is 6.87. The van der Waals surface area contributed by atoms with E-state index in [0.717, 1.165) is 15.0 Å². The second kappa shape index (κ2) is 6.17. The Kier molecular flexibility index (Phi) is 4.23. The van der Waals surface area contributed by atoms with E-state index in [2.05, 4.69) is 5.32 Å². The van der Waals surface area contributed by atoms with E-state index in [-0.39, 0.29) is 11.4 Å². The molecule has 0 saturated carbocycles. The summed E-state index contributed by atoms with van der Waals surface area (Å²) in [6.45, 7) is 2.10. The summed E-state index contributed by atoms with van der Waals surface area (Å²) in [5.74, 6) is -1.22.